The second-order valence-electron chi connectivity index (χ2n) is 4.32. The van der Waals surface area contributed by atoms with Gasteiger partial charge in [-0.05, 0) is 19.9 Å². The van der Waals surface area contributed by atoms with E-state index in [1.54, 1.807) is 33.0 Å². The number of aryl methyl sites for hydroxylation is 2. The van der Waals surface area contributed by atoms with Gasteiger partial charge in [0, 0.05) is 13.1 Å². The molecule has 8 heteroatoms. The molecule has 20 heavy (non-hydrogen) atoms. The molecule has 0 saturated heterocycles. The lowest BCUT2D eigenvalue weighted by atomic mass is 10.4. The molecule has 2 aromatic rings. The van der Waals surface area contributed by atoms with Crippen molar-refractivity contribution < 1.29 is 13.2 Å². The fourth-order valence-corrected chi connectivity index (χ4v) is 3.39. The summed E-state index contributed by atoms with van der Waals surface area (Å²) in [7, 11) is -0.488. The Morgan fingerprint density at radius 1 is 1.30 bits per heavy atom. The minimum Gasteiger partial charge on any atom is -0.481 e. The van der Waals surface area contributed by atoms with Crippen molar-refractivity contribution in [1.82, 2.24) is 14.8 Å². The third-order valence-electron chi connectivity index (χ3n) is 2.91. The Balaban J connectivity index is 2.35. The minimum absolute atomic E-state index is 0.191. The molecule has 0 radical (unpaired) electrons. The summed E-state index contributed by atoms with van der Waals surface area (Å²) >= 11 is 0. The predicted octanol–water partition coefficient (Wildman–Crippen LogP) is 1.24. The summed E-state index contributed by atoms with van der Waals surface area (Å²) in [5.41, 5.74) is 1.41. The summed E-state index contributed by atoms with van der Waals surface area (Å²) in [6.45, 7) is 3.37. The molecule has 2 heterocycles. The number of aromatic nitrogens is 3. The molecule has 0 amide bonds. The minimum atomic E-state index is -3.69. The lowest BCUT2D eigenvalue weighted by molar-refractivity contribution is 0.398. The van der Waals surface area contributed by atoms with Crippen LogP contribution in [0.25, 0.3) is 0 Å². The van der Waals surface area contributed by atoms with Gasteiger partial charge in [0.05, 0.1) is 30.4 Å². The molecule has 0 aliphatic carbocycles. The van der Waals surface area contributed by atoms with E-state index in [1.165, 1.54) is 18.0 Å². The normalized spacial score (nSPS) is 11.4. The van der Waals surface area contributed by atoms with E-state index in [2.05, 4.69) is 14.8 Å². The van der Waals surface area contributed by atoms with Gasteiger partial charge >= 0.3 is 0 Å². The number of nitrogens with zero attached hydrogens (tertiary/aromatic N) is 3. The Morgan fingerprint density at radius 2 is 2.00 bits per heavy atom. The molecule has 0 atom stereocenters. The van der Waals surface area contributed by atoms with E-state index in [0.29, 0.717) is 23.0 Å². The first-order valence-corrected chi connectivity index (χ1v) is 7.36. The van der Waals surface area contributed by atoms with Gasteiger partial charge in [-0.25, -0.2) is 13.4 Å². The van der Waals surface area contributed by atoms with Crippen LogP contribution in [0.1, 0.15) is 11.4 Å². The Labute approximate surface area is 117 Å². The van der Waals surface area contributed by atoms with Crippen molar-refractivity contribution in [3.8, 4) is 5.88 Å². The standard InChI is InChI=1S/C12H16N4O3S/c1-8-12(9(2)16(3)14-8)20(17,18)15-10-5-6-11(19-4)13-7-10/h5-7,15H,1-4H3. The summed E-state index contributed by atoms with van der Waals surface area (Å²) in [6.07, 6.45) is 1.40. The maximum Gasteiger partial charge on any atom is 0.265 e. The van der Waals surface area contributed by atoms with Gasteiger partial charge in [-0.15, -0.1) is 0 Å². The summed E-state index contributed by atoms with van der Waals surface area (Å²) in [5, 5.41) is 4.11. The molecular formula is C12H16N4O3S. The van der Waals surface area contributed by atoms with Gasteiger partial charge in [0.25, 0.3) is 10.0 Å². The molecule has 108 valence electrons. The summed E-state index contributed by atoms with van der Waals surface area (Å²) in [5.74, 6) is 0.418. The van der Waals surface area contributed by atoms with Crippen LogP contribution in [0, 0.1) is 13.8 Å². The number of pyridine rings is 1. The average Bonchev–Trinajstić information content (AvgIpc) is 2.64. The highest BCUT2D eigenvalue weighted by atomic mass is 32.2. The Kier molecular flexibility index (Phi) is 3.67. The topological polar surface area (TPSA) is 86.1 Å². The molecule has 7 nitrogen and oxygen atoms in total. The third-order valence-corrected chi connectivity index (χ3v) is 4.54. The quantitative estimate of drug-likeness (QED) is 0.917. The summed E-state index contributed by atoms with van der Waals surface area (Å²) < 4.78 is 33.7. The van der Waals surface area contributed by atoms with Gasteiger partial charge in [0.15, 0.2) is 0 Å². The second-order valence-corrected chi connectivity index (χ2v) is 5.94. The summed E-state index contributed by atoms with van der Waals surface area (Å²) in [4.78, 5) is 4.15. The van der Waals surface area contributed by atoms with Crippen LogP contribution in [0.3, 0.4) is 0 Å². The predicted molar refractivity (Wildman–Crippen MR) is 74.3 cm³/mol. The molecule has 0 unspecified atom stereocenters. The van der Waals surface area contributed by atoms with Crippen LogP contribution >= 0.6 is 0 Å². The number of rotatable bonds is 4. The van der Waals surface area contributed by atoms with E-state index in [1.807, 2.05) is 0 Å². The Morgan fingerprint density at radius 3 is 2.45 bits per heavy atom. The Bertz CT molecular complexity index is 720. The van der Waals surface area contributed by atoms with Crippen LogP contribution in [0.5, 0.6) is 5.88 Å². The number of sulfonamides is 1. The van der Waals surface area contributed by atoms with Crippen molar-refractivity contribution in [2.75, 3.05) is 11.8 Å². The first kappa shape index (κ1) is 14.3. The van der Waals surface area contributed by atoms with Crippen LogP contribution in [0.15, 0.2) is 23.2 Å². The van der Waals surface area contributed by atoms with Crippen molar-refractivity contribution in [3.63, 3.8) is 0 Å². The average molecular weight is 296 g/mol. The highest BCUT2D eigenvalue weighted by molar-refractivity contribution is 7.92. The largest absolute Gasteiger partial charge is 0.481 e. The highest BCUT2D eigenvalue weighted by Gasteiger charge is 2.23. The first-order chi connectivity index (χ1) is 9.35. The number of hydrogen-bond donors (Lipinski definition) is 1. The molecule has 1 N–H and O–H groups in total. The zero-order valence-electron chi connectivity index (χ0n) is 11.7. The van der Waals surface area contributed by atoms with Gasteiger partial charge < -0.3 is 4.74 Å². The van der Waals surface area contributed by atoms with Crippen molar-refractivity contribution in [2.24, 2.45) is 7.05 Å². The summed E-state index contributed by atoms with van der Waals surface area (Å²) in [6, 6.07) is 3.17. The first-order valence-electron chi connectivity index (χ1n) is 5.88. The fourth-order valence-electron chi connectivity index (χ4n) is 1.91. The number of hydrogen-bond acceptors (Lipinski definition) is 5. The monoisotopic (exact) mass is 296 g/mol. The lowest BCUT2D eigenvalue weighted by Gasteiger charge is -2.08. The number of ether oxygens (including phenoxy) is 1. The number of nitrogens with one attached hydrogen (secondary N) is 1. The van der Waals surface area contributed by atoms with Crippen LogP contribution in [0.2, 0.25) is 0 Å². The van der Waals surface area contributed by atoms with E-state index in [-0.39, 0.29) is 4.90 Å². The van der Waals surface area contributed by atoms with Crippen LogP contribution in [-0.4, -0.2) is 30.3 Å². The molecule has 0 aliphatic rings. The lowest BCUT2D eigenvalue weighted by Crippen LogP contribution is -2.15. The molecule has 0 saturated carbocycles. The van der Waals surface area contributed by atoms with Gasteiger partial charge in [-0.1, -0.05) is 0 Å². The van der Waals surface area contributed by atoms with Gasteiger partial charge in [0.2, 0.25) is 5.88 Å². The fraction of sp³-hybridized carbons (Fsp3) is 0.333. The van der Waals surface area contributed by atoms with Crippen molar-refractivity contribution in [3.05, 3.63) is 29.7 Å². The molecular weight excluding hydrogens is 280 g/mol. The second kappa shape index (κ2) is 5.12. The molecule has 0 spiro atoms. The number of anilines is 1. The molecule has 0 aliphatic heterocycles. The van der Waals surface area contributed by atoms with Crippen LogP contribution in [-0.2, 0) is 17.1 Å². The smallest absolute Gasteiger partial charge is 0.265 e. The van der Waals surface area contributed by atoms with Gasteiger partial charge in [0.1, 0.15) is 4.90 Å². The van der Waals surface area contributed by atoms with Crippen LogP contribution < -0.4 is 9.46 Å². The molecule has 0 bridgehead atoms. The van der Waals surface area contributed by atoms with Crippen molar-refractivity contribution in [1.29, 1.82) is 0 Å². The van der Waals surface area contributed by atoms with Crippen LogP contribution in [0.4, 0.5) is 5.69 Å². The van der Waals surface area contributed by atoms with Crippen molar-refractivity contribution >= 4 is 15.7 Å². The van der Waals surface area contributed by atoms with Crippen molar-refractivity contribution in [2.45, 2.75) is 18.7 Å². The van der Waals surface area contributed by atoms with E-state index in [9.17, 15) is 8.42 Å². The maximum atomic E-state index is 12.4. The zero-order valence-corrected chi connectivity index (χ0v) is 12.5. The zero-order chi connectivity index (χ0) is 14.9. The van der Waals surface area contributed by atoms with Gasteiger partial charge in [-0.3, -0.25) is 9.40 Å². The molecule has 0 aromatic carbocycles. The van der Waals surface area contributed by atoms with E-state index in [4.69, 9.17) is 4.74 Å². The molecule has 2 aromatic heterocycles. The van der Waals surface area contributed by atoms with E-state index < -0.39 is 10.0 Å². The molecule has 2 rings (SSSR count). The SMILES string of the molecule is COc1ccc(NS(=O)(=O)c2c(C)nn(C)c2C)cn1. The number of methoxy groups -OCH3 is 1. The van der Waals surface area contributed by atoms with Gasteiger partial charge in [-0.2, -0.15) is 5.10 Å². The van der Waals surface area contributed by atoms with E-state index >= 15 is 0 Å². The molecule has 0 fully saturated rings. The third kappa shape index (κ3) is 2.60. The highest BCUT2D eigenvalue weighted by Crippen LogP contribution is 2.22. The van der Waals surface area contributed by atoms with E-state index in [0.717, 1.165) is 0 Å². The Hall–Kier alpha value is -2.09. The maximum absolute atomic E-state index is 12.4.